The van der Waals surface area contributed by atoms with Crippen LogP contribution in [0.2, 0.25) is 0 Å². The number of halogens is 1. The first-order valence-electron chi connectivity index (χ1n) is 5.39. The van der Waals surface area contributed by atoms with E-state index in [-0.39, 0.29) is 40.0 Å². The Morgan fingerprint density at radius 3 is 2.17 bits per heavy atom. The topological polar surface area (TPSA) is 0 Å². The van der Waals surface area contributed by atoms with Gasteiger partial charge in [0.15, 0.2) is 0 Å². The first-order valence-corrected chi connectivity index (χ1v) is 5.39. The van der Waals surface area contributed by atoms with Crippen LogP contribution in [0.25, 0.3) is 21.9 Å². The normalized spacial score (nSPS) is 9.33. The molecule has 0 aliphatic rings. The van der Waals surface area contributed by atoms with Crippen LogP contribution in [0.3, 0.4) is 0 Å². The second-order valence-electron chi connectivity index (χ2n) is 3.82. The molecule has 0 saturated carbocycles. The molecule has 0 aliphatic heterocycles. The summed E-state index contributed by atoms with van der Waals surface area (Å²) in [7, 11) is 0. The van der Waals surface area contributed by atoms with E-state index in [2.05, 4.69) is 60.7 Å². The molecule has 3 aromatic rings. The summed E-state index contributed by atoms with van der Waals surface area (Å²) in [5.41, 5.74) is 2.53. The fourth-order valence-corrected chi connectivity index (χ4v) is 2.04. The minimum absolute atomic E-state index is 0. The molecule has 0 bridgehead atoms. The third-order valence-corrected chi connectivity index (χ3v) is 2.82. The Morgan fingerprint density at radius 1 is 0.722 bits per heavy atom. The van der Waals surface area contributed by atoms with Gasteiger partial charge >= 0.3 is 23.1 Å². The van der Waals surface area contributed by atoms with Crippen molar-refractivity contribution < 1.29 is 17.0 Å². The van der Waals surface area contributed by atoms with Crippen LogP contribution in [-0.4, -0.2) is 23.1 Å². The summed E-state index contributed by atoms with van der Waals surface area (Å²) in [6.45, 7) is 0. The zero-order valence-corrected chi connectivity index (χ0v) is 12.9. The Balaban J connectivity index is 0.000000810. The van der Waals surface area contributed by atoms with Crippen LogP contribution in [0, 0.1) is 6.07 Å². The molecule has 3 rings (SSSR count). The minimum atomic E-state index is 0. The Labute approximate surface area is 134 Å². The SMILES string of the molecule is [Br-].[Mg+2].[c-]1ccc(-c2cccc3ccccc23)cc1. The van der Waals surface area contributed by atoms with Gasteiger partial charge in [0, 0.05) is 0 Å². The molecular weight excluding hydrogens is 296 g/mol. The molecule has 18 heavy (non-hydrogen) atoms. The molecule has 0 aliphatic carbocycles. The molecule has 0 radical (unpaired) electrons. The minimum Gasteiger partial charge on any atom is -1.00 e. The zero-order chi connectivity index (χ0) is 10.8. The smallest absolute Gasteiger partial charge is 1.00 e. The Hall–Kier alpha value is -0.834. The van der Waals surface area contributed by atoms with Crippen molar-refractivity contribution in [2.45, 2.75) is 0 Å². The summed E-state index contributed by atoms with van der Waals surface area (Å²) in [6, 6.07) is 26.0. The molecule has 0 nitrogen and oxygen atoms in total. The molecule has 0 fully saturated rings. The van der Waals surface area contributed by atoms with Crippen LogP contribution >= 0.6 is 0 Å². The van der Waals surface area contributed by atoms with Gasteiger partial charge in [0.25, 0.3) is 0 Å². The van der Waals surface area contributed by atoms with Crippen molar-refractivity contribution in [3.8, 4) is 11.1 Å². The van der Waals surface area contributed by atoms with E-state index in [1.807, 2.05) is 12.1 Å². The third-order valence-electron chi connectivity index (χ3n) is 2.82. The monoisotopic (exact) mass is 306 g/mol. The summed E-state index contributed by atoms with van der Waals surface area (Å²) >= 11 is 0. The predicted molar refractivity (Wildman–Crippen MR) is 74.0 cm³/mol. The van der Waals surface area contributed by atoms with Gasteiger partial charge in [-0.25, -0.2) is 0 Å². The molecule has 0 heterocycles. The van der Waals surface area contributed by atoms with Crippen LogP contribution < -0.4 is 17.0 Å². The van der Waals surface area contributed by atoms with Gasteiger partial charge in [-0.1, -0.05) is 42.5 Å². The first kappa shape index (κ1) is 15.2. The van der Waals surface area contributed by atoms with E-state index in [9.17, 15) is 0 Å². The van der Waals surface area contributed by atoms with E-state index in [1.54, 1.807) is 0 Å². The van der Waals surface area contributed by atoms with Crippen molar-refractivity contribution in [3.05, 3.63) is 72.8 Å². The number of hydrogen-bond acceptors (Lipinski definition) is 0. The van der Waals surface area contributed by atoms with E-state index in [0.29, 0.717) is 0 Å². The van der Waals surface area contributed by atoms with Crippen LogP contribution in [0.1, 0.15) is 0 Å². The van der Waals surface area contributed by atoms with Crippen LogP contribution in [0.15, 0.2) is 66.7 Å². The summed E-state index contributed by atoms with van der Waals surface area (Å²) < 4.78 is 0. The maximum atomic E-state index is 3.05. The van der Waals surface area contributed by atoms with Crippen molar-refractivity contribution in [2.24, 2.45) is 0 Å². The van der Waals surface area contributed by atoms with E-state index >= 15 is 0 Å². The Kier molecular flexibility index (Phi) is 5.86. The van der Waals surface area contributed by atoms with E-state index in [0.717, 1.165) is 0 Å². The molecular formula is C16H11BrMg. The van der Waals surface area contributed by atoms with Crippen LogP contribution in [0.4, 0.5) is 0 Å². The Bertz CT molecular complexity index is 615. The van der Waals surface area contributed by atoms with Gasteiger partial charge in [-0.15, -0.1) is 5.56 Å². The largest absolute Gasteiger partial charge is 2.00 e. The molecule has 2 heteroatoms. The summed E-state index contributed by atoms with van der Waals surface area (Å²) in [5.74, 6) is 0. The second-order valence-corrected chi connectivity index (χ2v) is 3.82. The number of fused-ring (bicyclic) bond motifs is 1. The van der Waals surface area contributed by atoms with Crippen LogP contribution in [0.5, 0.6) is 0 Å². The maximum absolute atomic E-state index is 3.05. The average Bonchev–Trinajstić information content (AvgIpc) is 2.39. The van der Waals surface area contributed by atoms with Crippen LogP contribution in [-0.2, 0) is 0 Å². The molecule has 0 saturated heterocycles. The van der Waals surface area contributed by atoms with E-state index < -0.39 is 0 Å². The summed E-state index contributed by atoms with van der Waals surface area (Å²) in [6.07, 6.45) is 0. The maximum Gasteiger partial charge on any atom is 2.00 e. The van der Waals surface area contributed by atoms with Crippen molar-refractivity contribution in [2.75, 3.05) is 0 Å². The Morgan fingerprint density at radius 2 is 1.39 bits per heavy atom. The molecule has 0 spiro atoms. The van der Waals surface area contributed by atoms with Crippen molar-refractivity contribution in [1.29, 1.82) is 0 Å². The molecule has 0 amide bonds. The van der Waals surface area contributed by atoms with Gasteiger partial charge in [-0.3, -0.25) is 0 Å². The number of rotatable bonds is 1. The quantitative estimate of drug-likeness (QED) is 0.463. The van der Waals surface area contributed by atoms with Gasteiger partial charge in [0.1, 0.15) is 0 Å². The fraction of sp³-hybridized carbons (Fsp3) is 0. The number of hydrogen-bond donors (Lipinski definition) is 0. The van der Waals surface area contributed by atoms with E-state index in [1.165, 1.54) is 21.9 Å². The predicted octanol–water partition coefficient (Wildman–Crippen LogP) is 0.930. The van der Waals surface area contributed by atoms with Crippen molar-refractivity contribution >= 4 is 33.8 Å². The van der Waals surface area contributed by atoms with E-state index in [4.69, 9.17) is 0 Å². The van der Waals surface area contributed by atoms with Gasteiger partial charge < -0.3 is 17.0 Å². The fourth-order valence-electron chi connectivity index (χ4n) is 2.04. The zero-order valence-electron chi connectivity index (χ0n) is 9.94. The van der Waals surface area contributed by atoms with Gasteiger partial charge in [-0.2, -0.15) is 30.3 Å². The molecule has 0 aromatic heterocycles. The first-order chi connectivity index (χ1) is 7.95. The average molecular weight is 307 g/mol. The molecule has 3 aromatic carbocycles. The molecule has 0 atom stereocenters. The van der Waals surface area contributed by atoms with Gasteiger partial charge in [0.05, 0.1) is 0 Å². The van der Waals surface area contributed by atoms with Gasteiger partial charge in [-0.05, 0) is 16.3 Å². The summed E-state index contributed by atoms with van der Waals surface area (Å²) in [4.78, 5) is 0. The molecule has 84 valence electrons. The molecule has 0 unspecified atom stereocenters. The molecule has 0 N–H and O–H groups in total. The summed E-state index contributed by atoms with van der Waals surface area (Å²) in [5, 5.41) is 2.59. The third kappa shape index (κ3) is 2.94. The number of benzene rings is 3. The van der Waals surface area contributed by atoms with Gasteiger partial charge in [0.2, 0.25) is 0 Å². The standard InChI is InChI=1S/C16H11.BrH.Mg/c1-2-7-13(8-3-1)16-12-6-10-14-9-4-5-11-15(14)16;;/h2-12H;1H;/q-1;;+2/p-1. The van der Waals surface area contributed by atoms with Crippen molar-refractivity contribution in [3.63, 3.8) is 0 Å². The van der Waals surface area contributed by atoms with Crippen molar-refractivity contribution in [1.82, 2.24) is 0 Å². The second kappa shape index (κ2) is 6.93.